The van der Waals surface area contributed by atoms with Gasteiger partial charge < -0.3 is 0 Å². The molecular weight excluding hydrogens is 126 g/mol. The van der Waals surface area contributed by atoms with Gasteiger partial charge in [0.2, 0.25) is 0 Å². The first-order valence-corrected chi connectivity index (χ1v) is 3.32. The van der Waals surface area contributed by atoms with Crippen LogP contribution in [0.5, 0.6) is 0 Å². The van der Waals surface area contributed by atoms with Crippen molar-refractivity contribution in [3.63, 3.8) is 0 Å². The van der Waals surface area contributed by atoms with Gasteiger partial charge in [-0.25, -0.2) is 9.28 Å². The summed E-state index contributed by atoms with van der Waals surface area (Å²) in [4.78, 5) is 11.1. The molecule has 0 atom stereocenters. The van der Waals surface area contributed by atoms with Crippen molar-refractivity contribution in [3.05, 3.63) is 23.9 Å². The van der Waals surface area contributed by atoms with E-state index in [-0.39, 0.29) is 5.91 Å². The molecule has 0 bridgehead atoms. The molecule has 2 nitrogen and oxygen atoms in total. The lowest BCUT2D eigenvalue weighted by Gasteiger charge is -2.20. The van der Waals surface area contributed by atoms with Gasteiger partial charge in [0.1, 0.15) is 5.70 Å². The maximum absolute atomic E-state index is 11.1. The number of likely N-dealkylation sites (N-methyl/N-ethyl adjacent to an activating group) is 1. The Hall–Kier alpha value is -0.890. The van der Waals surface area contributed by atoms with E-state index in [1.807, 2.05) is 33.2 Å². The monoisotopic (exact) mass is 138 g/mol. The minimum atomic E-state index is 0.146. The van der Waals surface area contributed by atoms with Crippen molar-refractivity contribution < 1.29 is 9.28 Å². The number of amides is 1. The Kier molecular flexibility index (Phi) is 1.49. The summed E-state index contributed by atoms with van der Waals surface area (Å²) in [6.45, 7) is 1.94. The Balaban J connectivity index is 3.05. The molecule has 1 aliphatic rings. The molecule has 2 heteroatoms. The van der Waals surface area contributed by atoms with E-state index in [0.29, 0.717) is 4.48 Å². The van der Waals surface area contributed by atoms with Gasteiger partial charge in [-0.05, 0) is 13.0 Å². The lowest BCUT2D eigenvalue weighted by Crippen LogP contribution is -2.39. The third kappa shape index (κ3) is 0.809. The first-order valence-electron chi connectivity index (χ1n) is 3.32. The van der Waals surface area contributed by atoms with Crippen LogP contribution in [0.4, 0.5) is 0 Å². The van der Waals surface area contributed by atoms with Crippen LogP contribution in [-0.4, -0.2) is 24.5 Å². The summed E-state index contributed by atoms with van der Waals surface area (Å²) in [5, 5.41) is 0. The molecule has 0 spiro atoms. The van der Waals surface area contributed by atoms with E-state index in [1.54, 1.807) is 6.08 Å². The number of hydrogen-bond acceptors (Lipinski definition) is 1. The molecule has 0 aromatic carbocycles. The third-order valence-electron chi connectivity index (χ3n) is 1.89. The molecule has 54 valence electrons. The molecule has 10 heavy (non-hydrogen) atoms. The molecule has 1 amide bonds. The summed E-state index contributed by atoms with van der Waals surface area (Å²) in [6, 6.07) is 0. The number of nitrogens with zero attached hydrogens (tertiary/aromatic N) is 1. The maximum atomic E-state index is 11.1. The van der Waals surface area contributed by atoms with Crippen molar-refractivity contribution in [3.8, 4) is 0 Å². The zero-order valence-electron chi connectivity index (χ0n) is 6.59. The number of carbonyl (C=O) groups is 1. The van der Waals surface area contributed by atoms with E-state index in [1.165, 1.54) is 0 Å². The molecular formula is C8H12NO+. The molecule has 0 radical (unpaired) electrons. The second-order valence-electron chi connectivity index (χ2n) is 2.84. The van der Waals surface area contributed by atoms with E-state index in [9.17, 15) is 4.79 Å². The fourth-order valence-corrected chi connectivity index (χ4v) is 1.08. The predicted octanol–water partition coefficient (Wildman–Crippen LogP) is 1.06. The molecule has 1 rings (SSSR count). The lowest BCUT2D eigenvalue weighted by molar-refractivity contribution is -0.764. The highest BCUT2D eigenvalue weighted by Gasteiger charge is 2.32. The van der Waals surface area contributed by atoms with Crippen LogP contribution in [0.1, 0.15) is 6.92 Å². The van der Waals surface area contributed by atoms with E-state index in [0.717, 1.165) is 5.70 Å². The van der Waals surface area contributed by atoms with Crippen LogP contribution >= 0.6 is 0 Å². The molecule has 0 N–H and O–H groups in total. The van der Waals surface area contributed by atoms with Crippen LogP contribution in [0.25, 0.3) is 0 Å². The van der Waals surface area contributed by atoms with E-state index >= 15 is 0 Å². The Morgan fingerprint density at radius 1 is 1.40 bits per heavy atom. The maximum Gasteiger partial charge on any atom is 0.343 e. The predicted molar refractivity (Wildman–Crippen MR) is 40.0 cm³/mol. The number of carbonyl (C=O) groups excluding carboxylic acids is 1. The highest BCUT2D eigenvalue weighted by atomic mass is 16.2. The third-order valence-corrected chi connectivity index (χ3v) is 1.89. The number of allylic oxidation sites excluding steroid dienone is 2. The summed E-state index contributed by atoms with van der Waals surface area (Å²) >= 11 is 0. The normalized spacial score (nSPS) is 26.3. The Bertz CT molecular complexity index is 223. The Morgan fingerprint density at radius 3 is 2.20 bits per heavy atom. The van der Waals surface area contributed by atoms with E-state index < -0.39 is 0 Å². The lowest BCUT2D eigenvalue weighted by atomic mass is 10.4. The Labute approximate surface area is 61.0 Å². The second kappa shape index (κ2) is 2.06. The number of hydrogen-bond donors (Lipinski definition) is 0. The molecule has 0 aromatic heterocycles. The number of quaternary nitrogens is 1. The van der Waals surface area contributed by atoms with Crippen LogP contribution in [0.15, 0.2) is 23.9 Å². The zero-order chi connectivity index (χ0) is 7.78. The van der Waals surface area contributed by atoms with Gasteiger partial charge in [-0.3, -0.25) is 0 Å². The first-order chi connectivity index (χ1) is 4.59. The zero-order valence-corrected chi connectivity index (χ0v) is 6.59. The van der Waals surface area contributed by atoms with Gasteiger partial charge in [-0.15, -0.1) is 0 Å². The number of rotatable bonds is 0. The van der Waals surface area contributed by atoms with Crippen molar-refractivity contribution in [1.29, 1.82) is 0 Å². The Morgan fingerprint density at radius 2 is 2.00 bits per heavy atom. The fourth-order valence-electron chi connectivity index (χ4n) is 1.08. The van der Waals surface area contributed by atoms with Gasteiger partial charge in [0.15, 0.2) is 0 Å². The van der Waals surface area contributed by atoms with Gasteiger partial charge in [0, 0.05) is 12.2 Å². The minimum Gasteiger partial charge on any atom is -0.230 e. The minimum absolute atomic E-state index is 0.146. The smallest absolute Gasteiger partial charge is 0.230 e. The average Bonchev–Trinajstić information content (AvgIpc) is 2.10. The van der Waals surface area contributed by atoms with Gasteiger partial charge >= 0.3 is 5.91 Å². The van der Waals surface area contributed by atoms with Crippen molar-refractivity contribution in [2.45, 2.75) is 6.92 Å². The van der Waals surface area contributed by atoms with Crippen LogP contribution in [0, 0.1) is 0 Å². The van der Waals surface area contributed by atoms with Crippen molar-refractivity contribution in [2.75, 3.05) is 14.1 Å². The van der Waals surface area contributed by atoms with Gasteiger partial charge in [0.05, 0.1) is 14.1 Å². The molecule has 1 heterocycles. The topological polar surface area (TPSA) is 17.1 Å². The summed E-state index contributed by atoms with van der Waals surface area (Å²) in [6.07, 6.45) is 5.44. The SMILES string of the molecule is CC=C1C=CC(=O)[N+]1(C)C. The summed E-state index contributed by atoms with van der Waals surface area (Å²) < 4.78 is 0.358. The molecule has 0 fully saturated rings. The van der Waals surface area contributed by atoms with Crippen LogP contribution in [-0.2, 0) is 4.79 Å². The van der Waals surface area contributed by atoms with Crippen LogP contribution < -0.4 is 0 Å². The molecule has 0 aliphatic carbocycles. The molecule has 0 unspecified atom stereocenters. The standard InChI is InChI=1S/C8H12NO/c1-4-7-5-6-8(10)9(7,2)3/h4-6H,1-3H3/q+1. The first kappa shape index (κ1) is 7.22. The average molecular weight is 138 g/mol. The highest BCUT2D eigenvalue weighted by Crippen LogP contribution is 2.19. The highest BCUT2D eigenvalue weighted by molar-refractivity contribution is 5.85. The van der Waals surface area contributed by atoms with E-state index in [2.05, 4.69) is 0 Å². The van der Waals surface area contributed by atoms with Crippen LogP contribution in [0.3, 0.4) is 0 Å². The van der Waals surface area contributed by atoms with Gasteiger partial charge in [-0.2, -0.15) is 0 Å². The largest absolute Gasteiger partial charge is 0.343 e. The fraction of sp³-hybridized carbons (Fsp3) is 0.375. The van der Waals surface area contributed by atoms with Gasteiger partial charge in [0.25, 0.3) is 0 Å². The summed E-state index contributed by atoms with van der Waals surface area (Å²) in [5.41, 5.74) is 1.06. The summed E-state index contributed by atoms with van der Waals surface area (Å²) in [7, 11) is 3.77. The molecule has 0 saturated heterocycles. The molecule has 0 saturated carbocycles. The summed E-state index contributed by atoms with van der Waals surface area (Å²) in [5.74, 6) is 0.146. The van der Waals surface area contributed by atoms with Gasteiger partial charge in [-0.1, -0.05) is 0 Å². The second-order valence-corrected chi connectivity index (χ2v) is 2.84. The van der Waals surface area contributed by atoms with Crippen molar-refractivity contribution in [2.24, 2.45) is 0 Å². The molecule has 0 aromatic rings. The van der Waals surface area contributed by atoms with Crippen LogP contribution in [0.2, 0.25) is 0 Å². The van der Waals surface area contributed by atoms with Crippen molar-refractivity contribution in [1.82, 2.24) is 0 Å². The van der Waals surface area contributed by atoms with E-state index in [4.69, 9.17) is 0 Å². The quantitative estimate of drug-likeness (QED) is 0.457. The van der Waals surface area contributed by atoms with Crippen molar-refractivity contribution >= 4 is 5.91 Å². The molecule has 1 aliphatic heterocycles.